The summed E-state index contributed by atoms with van der Waals surface area (Å²) in [7, 11) is 3.40. The first-order valence-electron chi connectivity index (χ1n) is 3.81. The van der Waals surface area contributed by atoms with E-state index in [4.69, 9.17) is 4.74 Å². The predicted octanol–water partition coefficient (Wildman–Crippen LogP) is 2.96. The minimum atomic E-state index is 0.834. The molecule has 0 aromatic carbocycles. The molecule has 0 saturated carbocycles. The van der Waals surface area contributed by atoms with Crippen LogP contribution in [-0.4, -0.2) is 0 Å². The van der Waals surface area contributed by atoms with Gasteiger partial charge in [0, 0.05) is 5.56 Å². The molecule has 1 nitrogen and oxygen atoms in total. The summed E-state index contributed by atoms with van der Waals surface area (Å²) in [6, 6.07) is 14.0. The lowest BCUT2D eigenvalue weighted by Gasteiger charge is -1.97. The number of hydrogen-bond acceptors (Lipinski definition) is 1. The average molecular weight is 157 g/mol. The largest absolute Gasteiger partial charge is 0.489 e. The Morgan fingerprint density at radius 1 is 0.917 bits per heavy atom. The summed E-state index contributed by atoms with van der Waals surface area (Å²) in [5.74, 6) is 0.834. The molecular formula is C11H9O. The highest BCUT2D eigenvalue weighted by Gasteiger charge is 2.06. The lowest BCUT2D eigenvalue weighted by atomic mass is 10.2. The zero-order valence-electron chi connectivity index (χ0n) is 6.66. The summed E-state index contributed by atoms with van der Waals surface area (Å²) in [4.78, 5) is 0. The molecule has 0 aromatic rings. The Labute approximate surface area is 71.9 Å². The molecule has 0 aromatic heterocycles. The van der Waals surface area contributed by atoms with Gasteiger partial charge in [0.15, 0.2) is 0 Å². The van der Waals surface area contributed by atoms with E-state index in [1.54, 1.807) is 0 Å². The molecule has 1 heteroatoms. The number of ether oxygens (including phenoxy) is 1. The maximum absolute atomic E-state index is 4.96. The van der Waals surface area contributed by atoms with E-state index in [9.17, 15) is 0 Å². The van der Waals surface area contributed by atoms with Gasteiger partial charge >= 0.3 is 0 Å². The van der Waals surface area contributed by atoms with Crippen LogP contribution in [0, 0.1) is 7.11 Å². The third-order valence-corrected chi connectivity index (χ3v) is 1.91. The second-order valence-electron chi connectivity index (χ2n) is 2.62. The van der Waals surface area contributed by atoms with Crippen molar-refractivity contribution in [3.8, 4) is 16.9 Å². The molecule has 0 N–H and O–H groups in total. The highest BCUT2D eigenvalue weighted by atomic mass is 16.5. The molecule has 0 atom stereocenters. The normalized spacial score (nSPS) is 10.1. The zero-order chi connectivity index (χ0) is 8.39. The van der Waals surface area contributed by atoms with Crippen LogP contribution >= 0.6 is 0 Å². The molecule has 2 rings (SSSR count). The molecule has 2 aliphatic rings. The van der Waals surface area contributed by atoms with Crippen molar-refractivity contribution in [1.82, 2.24) is 0 Å². The lowest BCUT2D eigenvalue weighted by Crippen LogP contribution is -1.76. The Hall–Kier alpha value is -1.50. The third kappa shape index (κ3) is 1.03. The van der Waals surface area contributed by atoms with Crippen molar-refractivity contribution in [2.45, 2.75) is 0 Å². The maximum atomic E-state index is 4.96. The van der Waals surface area contributed by atoms with Crippen molar-refractivity contribution in [3.05, 3.63) is 49.6 Å². The van der Waals surface area contributed by atoms with Gasteiger partial charge in [0.2, 0.25) is 0 Å². The molecule has 1 radical (unpaired) electrons. The SMILES string of the molecule is [CH2]Oc1ccc2cccccc1-2. The smallest absolute Gasteiger partial charge is 0.127 e. The first kappa shape index (κ1) is 7.17. The van der Waals surface area contributed by atoms with Crippen molar-refractivity contribution in [2.75, 3.05) is 0 Å². The number of fused-ring (bicyclic) bond motifs is 1. The zero-order valence-corrected chi connectivity index (χ0v) is 6.66. The van der Waals surface area contributed by atoms with Gasteiger partial charge < -0.3 is 4.74 Å². The van der Waals surface area contributed by atoms with Crippen LogP contribution in [0.3, 0.4) is 0 Å². The van der Waals surface area contributed by atoms with Gasteiger partial charge in [-0.05, 0) is 11.6 Å². The lowest BCUT2D eigenvalue weighted by molar-refractivity contribution is 0.476. The van der Waals surface area contributed by atoms with Crippen LogP contribution in [0.2, 0.25) is 0 Å². The van der Waals surface area contributed by atoms with E-state index in [0.29, 0.717) is 0 Å². The first-order valence-corrected chi connectivity index (χ1v) is 3.81. The second-order valence-corrected chi connectivity index (χ2v) is 2.62. The minimum absolute atomic E-state index is 0.834. The Morgan fingerprint density at radius 3 is 2.58 bits per heavy atom. The van der Waals surface area contributed by atoms with E-state index in [2.05, 4.69) is 13.2 Å². The van der Waals surface area contributed by atoms with Gasteiger partial charge in [-0.15, -0.1) is 0 Å². The minimum Gasteiger partial charge on any atom is -0.489 e. The summed E-state index contributed by atoms with van der Waals surface area (Å²) in [6.07, 6.45) is 0. The summed E-state index contributed by atoms with van der Waals surface area (Å²) in [5.41, 5.74) is 2.29. The number of rotatable bonds is 1. The van der Waals surface area contributed by atoms with E-state index >= 15 is 0 Å². The summed E-state index contributed by atoms with van der Waals surface area (Å²) in [5, 5.41) is 0. The fourth-order valence-corrected chi connectivity index (χ4v) is 1.31. The van der Waals surface area contributed by atoms with Gasteiger partial charge in [0.05, 0.1) is 0 Å². The van der Waals surface area contributed by atoms with Gasteiger partial charge in [-0.2, -0.15) is 0 Å². The van der Waals surface area contributed by atoms with Gasteiger partial charge in [-0.25, -0.2) is 0 Å². The molecular weight excluding hydrogens is 148 g/mol. The molecule has 0 amide bonds. The van der Waals surface area contributed by atoms with Crippen LogP contribution in [0.15, 0.2) is 42.5 Å². The van der Waals surface area contributed by atoms with Crippen molar-refractivity contribution in [2.24, 2.45) is 0 Å². The van der Waals surface area contributed by atoms with Crippen LogP contribution in [0.5, 0.6) is 5.75 Å². The van der Waals surface area contributed by atoms with Crippen LogP contribution in [-0.2, 0) is 0 Å². The standard InChI is InChI=1S/C11H9O/c1-12-11-8-7-9-5-3-2-4-6-10(9)11/h2-8H,1H2. The quantitative estimate of drug-likeness (QED) is 0.618. The predicted molar refractivity (Wildman–Crippen MR) is 49.0 cm³/mol. The Bertz CT molecular complexity index is 354. The molecule has 0 bridgehead atoms. The fraction of sp³-hybridized carbons (Fsp3) is 0. The van der Waals surface area contributed by atoms with E-state index in [1.807, 2.05) is 36.4 Å². The van der Waals surface area contributed by atoms with Crippen molar-refractivity contribution >= 4 is 0 Å². The van der Waals surface area contributed by atoms with Gasteiger partial charge in [-0.1, -0.05) is 36.4 Å². The van der Waals surface area contributed by atoms with Crippen molar-refractivity contribution in [1.29, 1.82) is 0 Å². The molecule has 0 fully saturated rings. The molecule has 59 valence electrons. The van der Waals surface area contributed by atoms with E-state index in [-0.39, 0.29) is 0 Å². The molecule has 0 heterocycles. The fourth-order valence-electron chi connectivity index (χ4n) is 1.31. The molecule has 2 aliphatic carbocycles. The van der Waals surface area contributed by atoms with E-state index in [0.717, 1.165) is 11.3 Å². The topological polar surface area (TPSA) is 9.23 Å². The number of hydrogen-bond donors (Lipinski definition) is 0. The Balaban J connectivity index is 2.64. The van der Waals surface area contributed by atoms with Crippen LogP contribution in [0.1, 0.15) is 0 Å². The second kappa shape index (κ2) is 2.86. The van der Waals surface area contributed by atoms with Gasteiger partial charge in [-0.3, -0.25) is 0 Å². The van der Waals surface area contributed by atoms with Crippen LogP contribution < -0.4 is 4.74 Å². The first-order chi connectivity index (χ1) is 5.92. The molecule has 0 aliphatic heterocycles. The van der Waals surface area contributed by atoms with E-state index in [1.165, 1.54) is 5.56 Å². The Kier molecular flexibility index (Phi) is 1.71. The summed E-state index contributed by atoms with van der Waals surface area (Å²) < 4.78 is 4.96. The average Bonchev–Trinajstić information content (AvgIpc) is 2.33. The molecule has 0 unspecified atom stereocenters. The Morgan fingerprint density at radius 2 is 1.75 bits per heavy atom. The van der Waals surface area contributed by atoms with Crippen molar-refractivity contribution in [3.63, 3.8) is 0 Å². The molecule has 0 saturated heterocycles. The summed E-state index contributed by atoms with van der Waals surface area (Å²) in [6.45, 7) is 0. The molecule has 12 heavy (non-hydrogen) atoms. The van der Waals surface area contributed by atoms with Gasteiger partial charge in [0.25, 0.3) is 0 Å². The van der Waals surface area contributed by atoms with Crippen molar-refractivity contribution < 1.29 is 4.74 Å². The van der Waals surface area contributed by atoms with E-state index < -0.39 is 0 Å². The third-order valence-electron chi connectivity index (χ3n) is 1.91. The highest BCUT2D eigenvalue weighted by Crippen LogP contribution is 2.32. The monoisotopic (exact) mass is 157 g/mol. The van der Waals surface area contributed by atoms with Crippen LogP contribution in [0.25, 0.3) is 11.1 Å². The highest BCUT2D eigenvalue weighted by molar-refractivity contribution is 5.73. The maximum Gasteiger partial charge on any atom is 0.127 e. The van der Waals surface area contributed by atoms with Gasteiger partial charge in [0.1, 0.15) is 12.9 Å². The molecule has 0 spiro atoms. The van der Waals surface area contributed by atoms with Crippen LogP contribution in [0.4, 0.5) is 0 Å². The summed E-state index contributed by atoms with van der Waals surface area (Å²) >= 11 is 0.